The molecule has 0 aromatic heterocycles. The lowest BCUT2D eigenvalue weighted by Gasteiger charge is -2.27. The van der Waals surface area contributed by atoms with Gasteiger partial charge in [-0.2, -0.15) is 0 Å². The van der Waals surface area contributed by atoms with Gasteiger partial charge in [-0.1, -0.05) is 11.6 Å². The van der Waals surface area contributed by atoms with Crippen LogP contribution in [-0.4, -0.2) is 17.2 Å². The normalized spacial score (nSPS) is 38.9. The van der Waals surface area contributed by atoms with Gasteiger partial charge < -0.3 is 9.84 Å². The van der Waals surface area contributed by atoms with Crippen molar-refractivity contribution >= 4 is 5.97 Å². The Balaban J connectivity index is 1.70. The third-order valence-corrected chi connectivity index (χ3v) is 4.38. The second kappa shape index (κ2) is 4.21. The number of fused-ring (bicyclic) bond motifs is 2. The van der Waals surface area contributed by atoms with Gasteiger partial charge in [0.05, 0.1) is 6.26 Å². The van der Waals surface area contributed by atoms with E-state index in [1.165, 1.54) is 31.1 Å². The molecule has 1 fully saturated rings. The molecular weight excluding hydrogens is 216 g/mol. The Morgan fingerprint density at radius 1 is 1.47 bits per heavy atom. The molecule has 3 nitrogen and oxygen atoms in total. The average molecular weight is 234 g/mol. The Kier molecular flexibility index (Phi) is 2.69. The van der Waals surface area contributed by atoms with Crippen LogP contribution in [0.4, 0.5) is 0 Å². The van der Waals surface area contributed by atoms with E-state index in [9.17, 15) is 4.79 Å². The van der Waals surface area contributed by atoms with E-state index < -0.39 is 12.1 Å². The number of hydrogen-bond donors (Lipinski definition) is 1. The molecule has 1 saturated carbocycles. The minimum absolute atomic E-state index is 0.114. The van der Waals surface area contributed by atoms with E-state index in [1.807, 2.05) is 6.08 Å². The first-order valence-electron chi connectivity index (χ1n) is 6.48. The monoisotopic (exact) mass is 234 g/mol. The van der Waals surface area contributed by atoms with Gasteiger partial charge in [0.15, 0.2) is 6.10 Å². The molecule has 2 aliphatic carbocycles. The summed E-state index contributed by atoms with van der Waals surface area (Å²) >= 11 is 0. The standard InChI is InChI=1S/C14H18O3/c15-14(16)13-11(2-1-5-17-13)8-12-7-9-3-4-10(12)6-9/h1,5,7,9-11,13H,2-4,6,8H2,(H,15,16). The molecule has 1 heterocycles. The minimum Gasteiger partial charge on any atom is -0.486 e. The van der Waals surface area contributed by atoms with Crippen molar-refractivity contribution in [3.05, 3.63) is 24.0 Å². The van der Waals surface area contributed by atoms with Gasteiger partial charge in [-0.15, -0.1) is 0 Å². The Bertz CT molecular complexity index is 383. The molecule has 3 heteroatoms. The van der Waals surface area contributed by atoms with Gasteiger partial charge in [0.25, 0.3) is 0 Å². The third-order valence-electron chi connectivity index (χ3n) is 4.38. The number of carboxylic acid groups (broad SMARTS) is 1. The van der Waals surface area contributed by atoms with Crippen molar-refractivity contribution < 1.29 is 14.6 Å². The molecule has 1 aliphatic heterocycles. The predicted molar refractivity (Wildman–Crippen MR) is 63.3 cm³/mol. The van der Waals surface area contributed by atoms with E-state index in [4.69, 9.17) is 9.84 Å². The van der Waals surface area contributed by atoms with Crippen LogP contribution in [-0.2, 0) is 9.53 Å². The van der Waals surface area contributed by atoms with Crippen LogP contribution >= 0.6 is 0 Å². The fourth-order valence-corrected chi connectivity index (χ4v) is 3.54. The summed E-state index contributed by atoms with van der Waals surface area (Å²) in [6.07, 6.45) is 10.9. The second-order valence-electron chi connectivity index (χ2n) is 5.48. The van der Waals surface area contributed by atoms with Gasteiger partial charge in [0.2, 0.25) is 0 Å². The van der Waals surface area contributed by atoms with Crippen molar-refractivity contribution in [1.82, 2.24) is 0 Å². The molecule has 0 amide bonds. The van der Waals surface area contributed by atoms with E-state index in [0.29, 0.717) is 0 Å². The summed E-state index contributed by atoms with van der Waals surface area (Å²) in [6, 6.07) is 0. The lowest BCUT2D eigenvalue weighted by Crippen LogP contribution is -2.33. The van der Waals surface area contributed by atoms with E-state index >= 15 is 0 Å². The van der Waals surface area contributed by atoms with Crippen LogP contribution in [0.15, 0.2) is 24.0 Å². The summed E-state index contributed by atoms with van der Waals surface area (Å²) in [5.74, 6) is 0.796. The summed E-state index contributed by atoms with van der Waals surface area (Å²) in [6.45, 7) is 0. The van der Waals surface area contributed by atoms with Crippen molar-refractivity contribution in [2.75, 3.05) is 0 Å². The smallest absolute Gasteiger partial charge is 0.345 e. The SMILES string of the molecule is O=C(O)C1OC=CCC1CC1=CC2CCC1C2. The van der Waals surface area contributed by atoms with Crippen molar-refractivity contribution in [2.45, 2.75) is 38.2 Å². The summed E-state index contributed by atoms with van der Waals surface area (Å²) < 4.78 is 5.24. The largest absolute Gasteiger partial charge is 0.486 e. The highest BCUT2D eigenvalue weighted by molar-refractivity contribution is 5.73. The topological polar surface area (TPSA) is 46.5 Å². The first kappa shape index (κ1) is 10.9. The highest BCUT2D eigenvalue weighted by atomic mass is 16.5. The van der Waals surface area contributed by atoms with Gasteiger partial charge in [0.1, 0.15) is 0 Å². The van der Waals surface area contributed by atoms with Gasteiger partial charge in [-0.05, 0) is 50.0 Å². The highest BCUT2D eigenvalue weighted by Gasteiger charge is 2.37. The summed E-state index contributed by atoms with van der Waals surface area (Å²) in [5.41, 5.74) is 1.50. The summed E-state index contributed by atoms with van der Waals surface area (Å²) in [7, 11) is 0. The van der Waals surface area contributed by atoms with Gasteiger partial charge in [0, 0.05) is 5.92 Å². The fourth-order valence-electron chi connectivity index (χ4n) is 3.54. The van der Waals surface area contributed by atoms with Crippen LogP contribution in [0, 0.1) is 17.8 Å². The molecule has 3 rings (SSSR count). The predicted octanol–water partition coefficient (Wildman–Crippen LogP) is 2.74. The fraction of sp³-hybridized carbons (Fsp3) is 0.643. The molecule has 3 aliphatic rings. The molecule has 0 spiro atoms. The first-order chi connectivity index (χ1) is 8.24. The highest BCUT2D eigenvalue weighted by Crippen LogP contribution is 2.46. The number of aliphatic carboxylic acids is 1. The number of carbonyl (C=O) groups is 1. The zero-order valence-electron chi connectivity index (χ0n) is 9.84. The van der Waals surface area contributed by atoms with Crippen LogP contribution < -0.4 is 0 Å². The summed E-state index contributed by atoms with van der Waals surface area (Å²) in [5, 5.41) is 9.14. The number of rotatable bonds is 3. The van der Waals surface area contributed by atoms with Gasteiger partial charge in [-0.3, -0.25) is 0 Å². The molecule has 4 atom stereocenters. The Hall–Kier alpha value is -1.25. The average Bonchev–Trinajstić information content (AvgIpc) is 2.91. The van der Waals surface area contributed by atoms with Crippen LogP contribution in [0.1, 0.15) is 32.1 Å². The van der Waals surface area contributed by atoms with Crippen LogP contribution in [0.25, 0.3) is 0 Å². The molecule has 0 aromatic carbocycles. The molecule has 92 valence electrons. The lowest BCUT2D eigenvalue weighted by molar-refractivity contribution is -0.150. The summed E-state index contributed by atoms with van der Waals surface area (Å²) in [4.78, 5) is 11.1. The maximum absolute atomic E-state index is 11.1. The van der Waals surface area contributed by atoms with Crippen molar-refractivity contribution in [3.63, 3.8) is 0 Å². The molecule has 0 aromatic rings. The van der Waals surface area contributed by atoms with E-state index in [2.05, 4.69) is 6.08 Å². The van der Waals surface area contributed by atoms with E-state index in [-0.39, 0.29) is 5.92 Å². The van der Waals surface area contributed by atoms with Gasteiger partial charge >= 0.3 is 5.97 Å². The Labute approximate surface area is 101 Å². The second-order valence-corrected chi connectivity index (χ2v) is 5.48. The molecule has 17 heavy (non-hydrogen) atoms. The number of carboxylic acids is 1. The quantitative estimate of drug-likeness (QED) is 0.764. The number of allylic oxidation sites excluding steroid dienone is 3. The van der Waals surface area contributed by atoms with Crippen LogP contribution in [0.2, 0.25) is 0 Å². The molecule has 0 radical (unpaired) electrons. The minimum atomic E-state index is -0.830. The lowest BCUT2D eigenvalue weighted by atomic mass is 9.85. The number of hydrogen-bond acceptors (Lipinski definition) is 2. The van der Waals surface area contributed by atoms with Crippen molar-refractivity contribution in [2.24, 2.45) is 17.8 Å². The maximum atomic E-state index is 11.1. The Morgan fingerprint density at radius 2 is 2.35 bits per heavy atom. The molecule has 2 bridgehead atoms. The first-order valence-corrected chi connectivity index (χ1v) is 6.48. The maximum Gasteiger partial charge on any atom is 0.345 e. The zero-order valence-corrected chi connectivity index (χ0v) is 9.84. The van der Waals surface area contributed by atoms with Crippen molar-refractivity contribution in [3.8, 4) is 0 Å². The Morgan fingerprint density at radius 3 is 3.00 bits per heavy atom. The van der Waals surface area contributed by atoms with Crippen molar-refractivity contribution in [1.29, 1.82) is 0 Å². The molecule has 4 unspecified atom stereocenters. The third kappa shape index (κ3) is 1.99. The van der Waals surface area contributed by atoms with Gasteiger partial charge in [-0.25, -0.2) is 4.79 Å². The van der Waals surface area contributed by atoms with Crippen LogP contribution in [0.3, 0.4) is 0 Å². The molecular formula is C14H18O3. The van der Waals surface area contributed by atoms with E-state index in [1.54, 1.807) is 0 Å². The molecule has 0 saturated heterocycles. The van der Waals surface area contributed by atoms with Crippen LogP contribution in [0.5, 0.6) is 0 Å². The molecule has 1 N–H and O–H groups in total. The zero-order chi connectivity index (χ0) is 11.8. The van der Waals surface area contributed by atoms with E-state index in [0.717, 1.165) is 24.7 Å². The number of ether oxygens (including phenoxy) is 1.